The number of nitrogens with one attached hydrogen (secondary N) is 1. The molecule has 0 atom stereocenters. The van der Waals surface area contributed by atoms with Crippen molar-refractivity contribution in [2.45, 2.75) is 33.2 Å². The van der Waals surface area contributed by atoms with E-state index in [1.54, 1.807) is 7.11 Å². The highest BCUT2D eigenvalue weighted by molar-refractivity contribution is 5.92. The minimum Gasteiger partial charge on any atom is -0.495 e. The summed E-state index contributed by atoms with van der Waals surface area (Å²) in [6, 6.07) is 5.68. The molecule has 24 heavy (non-hydrogen) atoms. The molecule has 2 rings (SSSR count). The first kappa shape index (κ1) is 17.9. The van der Waals surface area contributed by atoms with Crippen molar-refractivity contribution < 1.29 is 13.9 Å². The molecule has 0 fully saturated rings. The van der Waals surface area contributed by atoms with Crippen molar-refractivity contribution in [1.29, 1.82) is 0 Å². The average molecular weight is 332 g/mol. The molecule has 0 aliphatic rings. The van der Waals surface area contributed by atoms with E-state index in [1.807, 2.05) is 44.0 Å². The quantitative estimate of drug-likeness (QED) is 0.799. The third kappa shape index (κ3) is 5.06. The Morgan fingerprint density at radius 3 is 2.75 bits per heavy atom. The molecule has 0 unspecified atom stereocenters. The number of benzene rings is 1. The molecule has 1 amide bonds. The first-order valence-electron chi connectivity index (χ1n) is 7.96. The molecule has 0 aliphatic carbocycles. The second-order valence-corrected chi connectivity index (χ2v) is 5.68. The fourth-order valence-electron chi connectivity index (χ4n) is 2.23. The molecule has 130 valence electrons. The van der Waals surface area contributed by atoms with Crippen LogP contribution in [0.3, 0.4) is 0 Å². The minimum absolute atomic E-state index is 0.0643. The van der Waals surface area contributed by atoms with E-state index in [2.05, 4.69) is 15.5 Å². The molecule has 0 saturated heterocycles. The van der Waals surface area contributed by atoms with Gasteiger partial charge in [0.25, 0.3) is 0 Å². The number of ether oxygens (including phenoxy) is 1. The number of carbonyl (C=O) groups is 1. The van der Waals surface area contributed by atoms with Crippen LogP contribution in [0.25, 0.3) is 0 Å². The summed E-state index contributed by atoms with van der Waals surface area (Å²) in [6.45, 7) is 5.04. The topological polar surface area (TPSA) is 80.5 Å². The van der Waals surface area contributed by atoms with Gasteiger partial charge in [-0.05, 0) is 31.7 Å². The largest absolute Gasteiger partial charge is 0.495 e. The predicted molar refractivity (Wildman–Crippen MR) is 91.0 cm³/mol. The van der Waals surface area contributed by atoms with E-state index in [0.717, 1.165) is 12.0 Å². The van der Waals surface area contributed by atoms with Gasteiger partial charge in [0.1, 0.15) is 5.75 Å². The summed E-state index contributed by atoms with van der Waals surface area (Å²) in [7, 11) is 3.50. The van der Waals surface area contributed by atoms with Crippen LogP contribution in [-0.4, -0.2) is 41.7 Å². The zero-order chi connectivity index (χ0) is 17.5. The normalized spacial score (nSPS) is 10.9. The molecule has 7 heteroatoms. The summed E-state index contributed by atoms with van der Waals surface area (Å²) in [6.07, 6.45) is 1.08. The molecule has 0 spiro atoms. The predicted octanol–water partition coefficient (Wildman–Crippen LogP) is 2.41. The van der Waals surface area contributed by atoms with E-state index >= 15 is 0 Å². The Morgan fingerprint density at radius 1 is 1.33 bits per heavy atom. The smallest absolute Gasteiger partial charge is 0.230 e. The number of anilines is 1. The Balaban J connectivity index is 1.83. The maximum atomic E-state index is 12.2. The Bertz CT molecular complexity index is 684. The number of nitrogens with zero attached hydrogens (tertiary/aromatic N) is 3. The number of hydrogen-bond acceptors (Lipinski definition) is 6. The summed E-state index contributed by atoms with van der Waals surface area (Å²) in [4.78, 5) is 14.1. The van der Waals surface area contributed by atoms with Crippen molar-refractivity contribution in [2.24, 2.45) is 0 Å². The Labute approximate surface area is 142 Å². The van der Waals surface area contributed by atoms with Crippen molar-refractivity contribution >= 4 is 11.6 Å². The number of rotatable bonds is 8. The van der Waals surface area contributed by atoms with Crippen LogP contribution in [0.15, 0.2) is 22.6 Å². The van der Waals surface area contributed by atoms with Crippen LogP contribution in [-0.2, 0) is 17.8 Å². The van der Waals surface area contributed by atoms with Gasteiger partial charge in [-0.15, -0.1) is 10.2 Å². The number of methoxy groups -OCH3 is 1. The van der Waals surface area contributed by atoms with Crippen LogP contribution in [0.4, 0.5) is 5.69 Å². The lowest BCUT2D eigenvalue weighted by Gasteiger charge is -2.15. The molecule has 7 nitrogen and oxygen atoms in total. The van der Waals surface area contributed by atoms with E-state index < -0.39 is 0 Å². The van der Waals surface area contributed by atoms with Crippen LogP contribution in [0.2, 0.25) is 0 Å². The maximum absolute atomic E-state index is 12.2. The van der Waals surface area contributed by atoms with Crippen LogP contribution in [0.5, 0.6) is 5.75 Å². The van der Waals surface area contributed by atoms with Gasteiger partial charge in [0.05, 0.1) is 19.3 Å². The summed E-state index contributed by atoms with van der Waals surface area (Å²) in [5.41, 5.74) is 1.75. The highest BCUT2D eigenvalue weighted by atomic mass is 16.5. The highest BCUT2D eigenvalue weighted by Crippen LogP contribution is 2.25. The minimum atomic E-state index is -0.0643. The molecule has 0 bridgehead atoms. The SMILES string of the molecule is CCc1nnc(CN(C)CCC(=O)Nc2cc(C)ccc2OC)o1. The Morgan fingerprint density at radius 2 is 2.08 bits per heavy atom. The number of carbonyl (C=O) groups excluding carboxylic acids is 1. The lowest BCUT2D eigenvalue weighted by Crippen LogP contribution is -2.24. The van der Waals surface area contributed by atoms with E-state index in [-0.39, 0.29) is 5.91 Å². The van der Waals surface area contributed by atoms with Crippen LogP contribution in [0.1, 0.15) is 30.7 Å². The van der Waals surface area contributed by atoms with Gasteiger partial charge in [0, 0.05) is 19.4 Å². The molecule has 1 aromatic carbocycles. The summed E-state index contributed by atoms with van der Waals surface area (Å²) in [5.74, 6) is 1.78. The maximum Gasteiger partial charge on any atom is 0.230 e. The van der Waals surface area contributed by atoms with Crippen LogP contribution >= 0.6 is 0 Å². The Kier molecular flexibility index (Phi) is 6.31. The lowest BCUT2D eigenvalue weighted by molar-refractivity contribution is -0.116. The summed E-state index contributed by atoms with van der Waals surface area (Å²) in [5, 5.41) is 10.8. The van der Waals surface area contributed by atoms with Crippen molar-refractivity contribution in [3.8, 4) is 5.75 Å². The summed E-state index contributed by atoms with van der Waals surface area (Å²) >= 11 is 0. The average Bonchev–Trinajstić information content (AvgIpc) is 3.01. The molecule has 0 aliphatic heterocycles. The third-order valence-corrected chi connectivity index (χ3v) is 3.57. The van der Waals surface area contributed by atoms with Crippen molar-refractivity contribution in [2.75, 3.05) is 26.0 Å². The second-order valence-electron chi connectivity index (χ2n) is 5.68. The lowest BCUT2D eigenvalue weighted by atomic mass is 10.2. The van der Waals surface area contributed by atoms with Gasteiger partial charge in [0.2, 0.25) is 17.7 Å². The fourth-order valence-corrected chi connectivity index (χ4v) is 2.23. The standard InChI is InChI=1S/C17H24N4O3/c1-5-16-19-20-17(24-16)11-21(3)9-8-15(22)18-13-10-12(2)6-7-14(13)23-4/h6-7,10H,5,8-9,11H2,1-4H3,(H,18,22). The second kappa shape index (κ2) is 8.44. The van der Waals surface area contributed by atoms with Gasteiger partial charge < -0.3 is 14.5 Å². The zero-order valence-electron chi connectivity index (χ0n) is 14.6. The first-order chi connectivity index (χ1) is 11.5. The van der Waals surface area contributed by atoms with Crippen molar-refractivity contribution in [3.63, 3.8) is 0 Å². The van der Waals surface area contributed by atoms with Gasteiger partial charge in [-0.3, -0.25) is 9.69 Å². The molecule has 1 N–H and O–H groups in total. The number of aromatic nitrogens is 2. The van der Waals surface area contributed by atoms with E-state index in [9.17, 15) is 4.79 Å². The van der Waals surface area contributed by atoms with Crippen molar-refractivity contribution in [3.05, 3.63) is 35.5 Å². The number of hydrogen-bond donors (Lipinski definition) is 1. The monoisotopic (exact) mass is 332 g/mol. The van der Waals surface area contributed by atoms with E-state index in [4.69, 9.17) is 9.15 Å². The molecule has 0 radical (unpaired) electrons. The van der Waals surface area contributed by atoms with E-state index in [1.165, 1.54) is 0 Å². The molecular weight excluding hydrogens is 308 g/mol. The van der Waals surface area contributed by atoms with Crippen LogP contribution < -0.4 is 10.1 Å². The number of aryl methyl sites for hydroxylation is 2. The third-order valence-electron chi connectivity index (χ3n) is 3.57. The summed E-state index contributed by atoms with van der Waals surface area (Å²) < 4.78 is 10.7. The zero-order valence-corrected chi connectivity index (χ0v) is 14.6. The fraction of sp³-hybridized carbons (Fsp3) is 0.471. The van der Waals surface area contributed by atoms with E-state index in [0.29, 0.717) is 42.7 Å². The Hall–Kier alpha value is -2.41. The van der Waals surface area contributed by atoms with Crippen LogP contribution in [0, 0.1) is 6.92 Å². The van der Waals surface area contributed by atoms with Gasteiger partial charge in [-0.1, -0.05) is 13.0 Å². The number of amides is 1. The molecule has 0 saturated carbocycles. The first-order valence-corrected chi connectivity index (χ1v) is 7.96. The highest BCUT2D eigenvalue weighted by Gasteiger charge is 2.11. The van der Waals surface area contributed by atoms with Gasteiger partial charge in [-0.2, -0.15) is 0 Å². The van der Waals surface area contributed by atoms with Gasteiger partial charge >= 0.3 is 0 Å². The molecular formula is C17H24N4O3. The molecule has 1 heterocycles. The van der Waals surface area contributed by atoms with Gasteiger partial charge in [-0.25, -0.2) is 0 Å². The van der Waals surface area contributed by atoms with Crippen molar-refractivity contribution in [1.82, 2.24) is 15.1 Å². The molecule has 2 aromatic rings. The van der Waals surface area contributed by atoms with Gasteiger partial charge in [0.15, 0.2) is 0 Å². The molecule has 1 aromatic heterocycles.